The lowest BCUT2D eigenvalue weighted by atomic mass is 9.85. The number of nitrogens with zero attached hydrogens (tertiary/aromatic N) is 4. The molecule has 2 amide bonds. The first-order valence-electron chi connectivity index (χ1n) is 13.4. The average molecular weight is 510 g/mol. The lowest BCUT2D eigenvalue weighted by Gasteiger charge is -2.43. The van der Waals surface area contributed by atoms with Gasteiger partial charge >= 0.3 is 5.97 Å². The van der Waals surface area contributed by atoms with Crippen LogP contribution in [0.5, 0.6) is 0 Å². The van der Waals surface area contributed by atoms with E-state index in [1.807, 2.05) is 18.2 Å². The number of likely N-dealkylation sites (tertiary alicyclic amines) is 1. The second kappa shape index (κ2) is 12.4. The van der Waals surface area contributed by atoms with Crippen molar-refractivity contribution in [3.8, 4) is 0 Å². The van der Waals surface area contributed by atoms with Gasteiger partial charge in [-0.1, -0.05) is 37.5 Å². The maximum Gasteiger partial charge on any atom is 0.328 e. The first kappa shape index (κ1) is 26.9. The van der Waals surface area contributed by atoms with Gasteiger partial charge in [0.25, 0.3) is 5.91 Å². The summed E-state index contributed by atoms with van der Waals surface area (Å²) >= 11 is 0. The van der Waals surface area contributed by atoms with Crippen LogP contribution in [0.25, 0.3) is 0 Å². The van der Waals surface area contributed by atoms with E-state index in [2.05, 4.69) is 15.3 Å². The Labute approximate surface area is 219 Å². The van der Waals surface area contributed by atoms with Gasteiger partial charge in [-0.05, 0) is 63.7 Å². The molecular weight excluding hydrogens is 470 g/mol. The monoisotopic (exact) mass is 509 g/mol. The van der Waals surface area contributed by atoms with Gasteiger partial charge in [0, 0.05) is 24.8 Å². The molecule has 2 aliphatic rings. The second-order valence-corrected chi connectivity index (χ2v) is 10.3. The molecule has 2 heterocycles. The van der Waals surface area contributed by atoms with Crippen molar-refractivity contribution in [2.45, 2.75) is 70.0 Å². The van der Waals surface area contributed by atoms with Gasteiger partial charge in [0.2, 0.25) is 5.91 Å². The lowest BCUT2D eigenvalue weighted by molar-refractivity contribution is -0.144. The predicted molar refractivity (Wildman–Crippen MR) is 141 cm³/mol. The number of carbonyl (C=O) groups is 3. The van der Waals surface area contributed by atoms with Crippen LogP contribution in [0.1, 0.15) is 62.2 Å². The van der Waals surface area contributed by atoms with Gasteiger partial charge in [-0.3, -0.25) is 19.2 Å². The molecule has 2 fully saturated rings. The third-order valence-corrected chi connectivity index (χ3v) is 7.78. The van der Waals surface area contributed by atoms with Gasteiger partial charge < -0.3 is 15.0 Å². The Balaban J connectivity index is 1.65. The van der Waals surface area contributed by atoms with Crippen LogP contribution in [0.15, 0.2) is 42.7 Å². The molecule has 1 saturated heterocycles. The van der Waals surface area contributed by atoms with E-state index in [0.717, 1.165) is 25.9 Å². The number of nitrogens with one attached hydrogen (secondary N) is 1. The number of hydrogen-bond acceptors (Lipinski definition) is 6. The smallest absolute Gasteiger partial charge is 0.328 e. The van der Waals surface area contributed by atoms with Crippen molar-refractivity contribution in [1.29, 1.82) is 0 Å². The minimum Gasteiger partial charge on any atom is -0.467 e. The van der Waals surface area contributed by atoms with E-state index in [0.29, 0.717) is 17.3 Å². The molecule has 2 atom stereocenters. The molecule has 4 rings (SSSR count). The standard InChI is InChI=1S/C28H39N5O4/c1-20(28(36)37-3)30-26(34)25(21-14-16-32(17-15-21)23-12-8-5-9-13-23)33(24-18-29-31(2)19-24)27(35)22-10-6-4-7-11-22/h4,6-7,10-11,18-21,23,25H,5,8-9,12-17H2,1-3H3,(H,30,34). The van der Waals surface area contributed by atoms with Crippen molar-refractivity contribution in [3.05, 3.63) is 48.3 Å². The van der Waals surface area contributed by atoms with Gasteiger partial charge in [-0.25, -0.2) is 4.79 Å². The molecule has 1 N–H and O–H groups in total. The summed E-state index contributed by atoms with van der Waals surface area (Å²) in [6.45, 7) is 3.39. The van der Waals surface area contributed by atoms with Gasteiger partial charge in [0.05, 0.1) is 19.0 Å². The van der Waals surface area contributed by atoms with Crippen molar-refractivity contribution in [2.75, 3.05) is 25.1 Å². The van der Waals surface area contributed by atoms with Crippen molar-refractivity contribution in [3.63, 3.8) is 0 Å². The van der Waals surface area contributed by atoms with Crippen LogP contribution in [0, 0.1) is 5.92 Å². The van der Waals surface area contributed by atoms with E-state index < -0.39 is 18.1 Å². The highest BCUT2D eigenvalue weighted by Gasteiger charge is 2.41. The first-order valence-corrected chi connectivity index (χ1v) is 13.4. The van der Waals surface area contributed by atoms with E-state index in [1.54, 1.807) is 48.1 Å². The number of aryl methyl sites for hydroxylation is 1. The summed E-state index contributed by atoms with van der Waals surface area (Å²) in [6.07, 6.45) is 11.3. The number of hydrogen-bond donors (Lipinski definition) is 1. The highest BCUT2D eigenvalue weighted by atomic mass is 16.5. The molecule has 0 radical (unpaired) electrons. The van der Waals surface area contributed by atoms with E-state index >= 15 is 0 Å². The lowest BCUT2D eigenvalue weighted by Crippen LogP contribution is -2.58. The van der Waals surface area contributed by atoms with Gasteiger partial charge in [0.15, 0.2) is 0 Å². The van der Waals surface area contributed by atoms with E-state index in [4.69, 9.17) is 4.74 Å². The average Bonchev–Trinajstić information content (AvgIpc) is 3.37. The third-order valence-electron chi connectivity index (χ3n) is 7.78. The zero-order chi connectivity index (χ0) is 26.4. The summed E-state index contributed by atoms with van der Waals surface area (Å²) in [5.74, 6) is -1.23. The number of aromatic nitrogens is 2. The fourth-order valence-corrected chi connectivity index (χ4v) is 5.78. The number of esters is 1. The highest BCUT2D eigenvalue weighted by molar-refractivity contribution is 6.10. The maximum atomic E-state index is 13.9. The van der Waals surface area contributed by atoms with Crippen LogP contribution < -0.4 is 10.2 Å². The number of anilines is 1. The molecule has 0 bridgehead atoms. The molecule has 9 heteroatoms. The van der Waals surface area contributed by atoms with Crippen LogP contribution in [0.4, 0.5) is 5.69 Å². The van der Waals surface area contributed by atoms with E-state index in [-0.39, 0.29) is 17.7 Å². The molecule has 1 aliphatic heterocycles. The molecule has 1 aliphatic carbocycles. The number of carbonyl (C=O) groups excluding carboxylic acids is 3. The summed E-state index contributed by atoms with van der Waals surface area (Å²) < 4.78 is 6.45. The molecule has 37 heavy (non-hydrogen) atoms. The summed E-state index contributed by atoms with van der Waals surface area (Å²) in [7, 11) is 3.08. The predicted octanol–water partition coefficient (Wildman–Crippen LogP) is 3.16. The van der Waals surface area contributed by atoms with Gasteiger partial charge in [0.1, 0.15) is 12.1 Å². The summed E-state index contributed by atoms with van der Waals surface area (Å²) in [5.41, 5.74) is 1.04. The van der Waals surface area contributed by atoms with Crippen LogP contribution in [-0.4, -0.2) is 70.8 Å². The fourth-order valence-electron chi connectivity index (χ4n) is 5.78. The van der Waals surface area contributed by atoms with Crippen LogP contribution in [0.2, 0.25) is 0 Å². The van der Waals surface area contributed by atoms with Crippen molar-refractivity contribution in [1.82, 2.24) is 20.0 Å². The molecule has 200 valence electrons. The third kappa shape index (κ3) is 6.39. The fraction of sp³-hybridized carbons (Fsp3) is 0.571. The quantitative estimate of drug-likeness (QED) is 0.549. The number of ether oxygens (including phenoxy) is 1. The molecule has 1 aromatic carbocycles. The van der Waals surface area contributed by atoms with Crippen molar-refractivity contribution >= 4 is 23.5 Å². The minimum absolute atomic E-state index is 0.0717. The Hall–Kier alpha value is -3.20. The van der Waals surface area contributed by atoms with E-state index in [1.165, 1.54) is 39.2 Å². The Bertz CT molecular complexity index is 1060. The second-order valence-electron chi connectivity index (χ2n) is 10.3. The van der Waals surface area contributed by atoms with Gasteiger partial charge in [-0.15, -0.1) is 0 Å². The zero-order valence-corrected chi connectivity index (χ0v) is 22.1. The molecule has 9 nitrogen and oxygen atoms in total. The minimum atomic E-state index is -0.829. The van der Waals surface area contributed by atoms with Crippen LogP contribution in [-0.2, 0) is 21.4 Å². The Kier molecular flexibility index (Phi) is 8.97. The maximum absolute atomic E-state index is 13.9. The number of rotatable bonds is 8. The summed E-state index contributed by atoms with van der Waals surface area (Å²) in [4.78, 5) is 44.1. The molecular formula is C28H39N5O4. The normalized spacial score (nSPS) is 19.1. The number of benzene rings is 1. The Morgan fingerprint density at radius 1 is 1.05 bits per heavy atom. The Morgan fingerprint density at radius 3 is 2.32 bits per heavy atom. The zero-order valence-electron chi connectivity index (χ0n) is 22.1. The van der Waals surface area contributed by atoms with Gasteiger partial charge in [-0.2, -0.15) is 5.10 Å². The first-order chi connectivity index (χ1) is 17.9. The molecule has 2 unspecified atom stereocenters. The SMILES string of the molecule is COC(=O)C(C)NC(=O)C(C1CCN(C2CCCCC2)CC1)N(C(=O)c1ccccc1)c1cnn(C)c1. The number of amides is 2. The van der Waals surface area contributed by atoms with E-state index in [9.17, 15) is 14.4 Å². The number of piperidine rings is 1. The van der Waals surface area contributed by atoms with Crippen molar-refractivity contribution in [2.24, 2.45) is 13.0 Å². The van der Waals surface area contributed by atoms with Crippen LogP contribution >= 0.6 is 0 Å². The molecule has 1 aromatic heterocycles. The molecule has 2 aromatic rings. The topological polar surface area (TPSA) is 96.8 Å². The van der Waals surface area contributed by atoms with Crippen molar-refractivity contribution < 1.29 is 19.1 Å². The highest BCUT2D eigenvalue weighted by Crippen LogP contribution is 2.32. The van der Waals surface area contributed by atoms with Crippen LogP contribution in [0.3, 0.4) is 0 Å². The molecule has 0 spiro atoms. The largest absolute Gasteiger partial charge is 0.467 e. The number of methoxy groups -OCH3 is 1. The summed E-state index contributed by atoms with van der Waals surface area (Å²) in [6, 6.07) is 7.97. The Morgan fingerprint density at radius 2 is 1.73 bits per heavy atom. The summed E-state index contributed by atoms with van der Waals surface area (Å²) in [5, 5.41) is 7.10. The molecule has 1 saturated carbocycles.